The van der Waals surface area contributed by atoms with Crippen LogP contribution in [0.1, 0.15) is 51.1 Å². The number of amides is 1. The lowest BCUT2D eigenvalue weighted by molar-refractivity contribution is -0.765. The van der Waals surface area contributed by atoms with Gasteiger partial charge in [0.1, 0.15) is 18.3 Å². The van der Waals surface area contributed by atoms with Gasteiger partial charge in [0.25, 0.3) is 5.91 Å². The molecule has 0 saturated carbocycles. The van der Waals surface area contributed by atoms with Crippen molar-refractivity contribution in [2.75, 3.05) is 26.0 Å². The molecule has 2 heterocycles. The molecule has 1 fully saturated rings. The molecule has 15 heteroatoms. The number of benzene rings is 2. The minimum atomic E-state index is -3.49. The first-order valence-corrected chi connectivity index (χ1v) is 16.6. The van der Waals surface area contributed by atoms with Crippen molar-refractivity contribution in [1.82, 2.24) is 0 Å². The first kappa shape index (κ1) is 38.1. The molecule has 1 aliphatic heterocycles. The number of carbonyl (C=O) groups is 4. The summed E-state index contributed by atoms with van der Waals surface area (Å²) in [6, 6.07) is 19.4. The SMILES string of the molecule is CCOP(=O)(C/C=C/C(=O)O[C@@H]1[C@H](OC(=O)c2ccccc2)[C@@H](COC(=O)c2ccccc2)O[C@H]1[n+]1cccc(C(N)=O)c1)OCC.[Cl-]. The topological polar surface area (TPSA) is 171 Å². The van der Waals surface area contributed by atoms with E-state index < -0.39 is 56.0 Å². The summed E-state index contributed by atoms with van der Waals surface area (Å²) in [6.07, 6.45) is 0.168. The van der Waals surface area contributed by atoms with Crippen LogP contribution in [-0.4, -0.2) is 68.1 Å². The fourth-order valence-electron chi connectivity index (χ4n) is 4.72. The molecule has 1 aromatic heterocycles. The van der Waals surface area contributed by atoms with E-state index in [-0.39, 0.29) is 55.1 Å². The van der Waals surface area contributed by atoms with Crippen molar-refractivity contribution in [2.24, 2.45) is 5.73 Å². The van der Waals surface area contributed by atoms with Gasteiger partial charge in [-0.3, -0.25) is 9.36 Å². The van der Waals surface area contributed by atoms with Crippen molar-refractivity contribution in [3.63, 3.8) is 0 Å². The zero-order valence-electron chi connectivity index (χ0n) is 26.2. The van der Waals surface area contributed by atoms with Crippen LogP contribution in [0.25, 0.3) is 0 Å². The van der Waals surface area contributed by atoms with Crippen LogP contribution in [0.5, 0.6) is 0 Å². The van der Waals surface area contributed by atoms with E-state index in [1.165, 1.54) is 29.0 Å². The van der Waals surface area contributed by atoms with Gasteiger partial charge in [0.05, 0.1) is 30.5 Å². The third kappa shape index (κ3) is 10.3. The van der Waals surface area contributed by atoms with E-state index >= 15 is 0 Å². The number of halogens is 1. The Hall–Kier alpha value is -4.39. The Bertz CT molecular complexity index is 1610. The Labute approximate surface area is 283 Å². The third-order valence-corrected chi connectivity index (χ3v) is 8.77. The molecule has 1 aliphatic rings. The average molecular weight is 703 g/mol. The van der Waals surface area contributed by atoms with E-state index in [1.54, 1.807) is 80.7 Å². The van der Waals surface area contributed by atoms with E-state index in [0.717, 1.165) is 6.08 Å². The second-order valence-corrected chi connectivity index (χ2v) is 12.2. The first-order valence-electron chi connectivity index (χ1n) is 14.8. The van der Waals surface area contributed by atoms with Crippen LogP contribution >= 0.6 is 7.60 Å². The number of nitrogens with zero attached hydrogens (tertiary/aromatic N) is 1. The normalized spacial score (nSPS) is 18.9. The van der Waals surface area contributed by atoms with Crippen LogP contribution < -0.4 is 22.7 Å². The largest absolute Gasteiger partial charge is 1.00 e. The lowest BCUT2D eigenvalue weighted by Crippen LogP contribution is -3.00. The number of allylic oxidation sites excluding steroid dienone is 1. The average Bonchev–Trinajstić information content (AvgIpc) is 3.40. The summed E-state index contributed by atoms with van der Waals surface area (Å²) < 4.78 is 48.2. The molecule has 13 nitrogen and oxygen atoms in total. The molecular weight excluding hydrogens is 667 g/mol. The minimum Gasteiger partial charge on any atom is -1.00 e. The monoisotopic (exact) mass is 702 g/mol. The summed E-state index contributed by atoms with van der Waals surface area (Å²) in [6.45, 7) is 3.23. The van der Waals surface area contributed by atoms with E-state index in [0.29, 0.717) is 0 Å². The molecule has 1 saturated heterocycles. The lowest BCUT2D eigenvalue weighted by Gasteiger charge is -2.22. The molecule has 0 aliphatic carbocycles. The Morgan fingerprint density at radius 3 is 2.00 bits per heavy atom. The third-order valence-electron chi connectivity index (χ3n) is 6.81. The zero-order valence-corrected chi connectivity index (χ0v) is 27.9. The maximum Gasteiger partial charge on any atom is 0.338 e. The fourth-order valence-corrected chi connectivity index (χ4v) is 6.15. The van der Waals surface area contributed by atoms with Gasteiger partial charge in [-0.25, -0.2) is 14.4 Å². The second kappa shape index (κ2) is 18.2. The highest BCUT2D eigenvalue weighted by molar-refractivity contribution is 7.54. The number of nitrogens with two attached hydrogens (primary N) is 1. The smallest absolute Gasteiger partial charge is 0.338 e. The molecule has 0 spiro atoms. The Morgan fingerprint density at radius 1 is 0.833 bits per heavy atom. The number of primary amides is 1. The van der Waals surface area contributed by atoms with Gasteiger partial charge >= 0.3 is 31.7 Å². The van der Waals surface area contributed by atoms with E-state index in [1.807, 2.05) is 0 Å². The number of hydrogen-bond donors (Lipinski definition) is 1. The van der Waals surface area contributed by atoms with Crippen LogP contribution in [0.15, 0.2) is 97.3 Å². The number of esters is 3. The maximum absolute atomic E-state index is 13.3. The molecule has 3 aromatic rings. The second-order valence-electron chi connectivity index (χ2n) is 10.1. The van der Waals surface area contributed by atoms with Crippen LogP contribution in [0.2, 0.25) is 0 Å². The number of pyridine rings is 1. The Morgan fingerprint density at radius 2 is 1.42 bits per heavy atom. The van der Waals surface area contributed by atoms with Gasteiger partial charge in [0.15, 0.2) is 18.5 Å². The Kier molecular flexibility index (Phi) is 14.5. The van der Waals surface area contributed by atoms with Crippen LogP contribution in [0, 0.1) is 0 Å². The van der Waals surface area contributed by atoms with Gasteiger partial charge in [0.2, 0.25) is 6.10 Å². The van der Waals surface area contributed by atoms with Crippen molar-refractivity contribution in [2.45, 2.75) is 38.4 Å². The molecule has 0 unspecified atom stereocenters. The highest BCUT2D eigenvalue weighted by Gasteiger charge is 2.55. The highest BCUT2D eigenvalue weighted by Crippen LogP contribution is 2.47. The predicted molar refractivity (Wildman–Crippen MR) is 166 cm³/mol. The molecule has 0 radical (unpaired) electrons. The van der Waals surface area contributed by atoms with Crippen LogP contribution in [0.4, 0.5) is 0 Å². The van der Waals surface area contributed by atoms with E-state index in [4.69, 9.17) is 33.7 Å². The summed E-state index contributed by atoms with van der Waals surface area (Å²) in [5.41, 5.74) is 6.12. The van der Waals surface area contributed by atoms with Crippen molar-refractivity contribution < 1.29 is 68.7 Å². The number of ether oxygens (including phenoxy) is 4. The molecular formula is C33H36ClN2O11P. The van der Waals surface area contributed by atoms with Crippen molar-refractivity contribution in [3.05, 3.63) is 114 Å². The standard InChI is InChI=1S/C33H35N2O11P.ClH/c1-3-42-47(40,43-4-2)20-12-18-27(36)45-29-28(46-33(39)24-15-9-6-10-16-24)26(22-41-32(38)23-13-7-5-8-14-23)44-31(29)35-19-11-17-25(21-35)30(34)37;/h5-19,21,26,28-29,31H,3-4,20,22H2,1-2H3,(H-,34,37);1H/b18-12+;/t26-,28-,29-,31-;/m1./s1. The van der Waals surface area contributed by atoms with Gasteiger partial charge in [-0.2, -0.15) is 4.57 Å². The van der Waals surface area contributed by atoms with Crippen molar-refractivity contribution in [1.29, 1.82) is 0 Å². The molecule has 0 bridgehead atoms. The Balaban J connectivity index is 0.00000625. The summed E-state index contributed by atoms with van der Waals surface area (Å²) in [4.78, 5) is 51.2. The summed E-state index contributed by atoms with van der Waals surface area (Å²) >= 11 is 0. The highest BCUT2D eigenvalue weighted by atomic mass is 35.5. The molecule has 4 rings (SSSR count). The molecule has 4 atom stereocenters. The zero-order chi connectivity index (χ0) is 33.8. The minimum absolute atomic E-state index is 0. The van der Waals surface area contributed by atoms with Gasteiger partial charge in [-0.15, -0.1) is 0 Å². The number of rotatable bonds is 15. The van der Waals surface area contributed by atoms with E-state index in [9.17, 15) is 23.7 Å². The van der Waals surface area contributed by atoms with Crippen molar-refractivity contribution in [3.8, 4) is 0 Å². The van der Waals surface area contributed by atoms with E-state index in [2.05, 4.69) is 0 Å². The van der Waals surface area contributed by atoms with Gasteiger partial charge in [0, 0.05) is 12.1 Å². The predicted octanol–water partition coefficient (Wildman–Crippen LogP) is 0.791. The van der Waals surface area contributed by atoms with Gasteiger partial charge < -0.3 is 46.1 Å². The molecule has 256 valence electrons. The summed E-state index contributed by atoms with van der Waals surface area (Å²) in [7, 11) is -3.49. The fraction of sp³-hybridized carbons (Fsp3) is 0.303. The number of carbonyl (C=O) groups excluding carboxylic acids is 4. The number of hydrogen-bond acceptors (Lipinski definition) is 11. The molecule has 2 aromatic carbocycles. The van der Waals surface area contributed by atoms with Gasteiger partial charge in [-0.1, -0.05) is 42.5 Å². The van der Waals surface area contributed by atoms with Gasteiger partial charge in [-0.05, 0) is 44.2 Å². The quantitative estimate of drug-likeness (QED) is 0.0781. The summed E-state index contributed by atoms with van der Waals surface area (Å²) in [5, 5.41) is 0. The van der Waals surface area contributed by atoms with Crippen LogP contribution in [0.3, 0.4) is 0 Å². The molecule has 1 amide bonds. The van der Waals surface area contributed by atoms with Crippen LogP contribution in [-0.2, 0) is 37.4 Å². The molecule has 48 heavy (non-hydrogen) atoms. The summed E-state index contributed by atoms with van der Waals surface area (Å²) in [5.74, 6) is -3.01. The maximum atomic E-state index is 13.3. The lowest BCUT2D eigenvalue weighted by atomic mass is 10.1. The van der Waals surface area contributed by atoms with Crippen molar-refractivity contribution >= 4 is 31.4 Å². The molecule has 2 N–H and O–H groups in total. The number of aromatic nitrogens is 1. The first-order chi connectivity index (χ1) is 22.6.